The van der Waals surface area contributed by atoms with Gasteiger partial charge in [-0.3, -0.25) is 9.59 Å². The summed E-state index contributed by atoms with van der Waals surface area (Å²) in [7, 11) is 0. The molecule has 0 saturated carbocycles. The summed E-state index contributed by atoms with van der Waals surface area (Å²) in [6.07, 6.45) is 1.39. The Morgan fingerprint density at radius 1 is 0.865 bits per heavy atom. The second kappa shape index (κ2) is 12.5. The summed E-state index contributed by atoms with van der Waals surface area (Å²) < 4.78 is 5.92. The summed E-state index contributed by atoms with van der Waals surface area (Å²) in [4.78, 5) is 25.3. The SMILES string of the molecule is Cc1ccc(C)c(OCCCC(C)(C)C(=O)NC(=S)Nc2ccc(NC(=O)c3ccccc3C)cc2)c1. The minimum absolute atomic E-state index is 0.154. The highest BCUT2D eigenvalue weighted by molar-refractivity contribution is 7.80. The van der Waals surface area contributed by atoms with Gasteiger partial charge in [0.05, 0.1) is 6.61 Å². The Labute approximate surface area is 224 Å². The van der Waals surface area contributed by atoms with E-state index in [4.69, 9.17) is 17.0 Å². The van der Waals surface area contributed by atoms with Gasteiger partial charge in [-0.1, -0.05) is 44.2 Å². The standard InChI is InChI=1S/C30H35N3O3S/c1-20-11-12-22(3)26(19-20)36-18-8-17-30(4,5)28(35)33-29(37)32-24-15-13-23(14-16-24)31-27(34)25-10-7-6-9-21(25)2/h6-7,9-16,19H,8,17-18H2,1-5H3,(H,31,34)(H2,32,33,35,37). The Morgan fingerprint density at radius 3 is 2.19 bits per heavy atom. The lowest BCUT2D eigenvalue weighted by atomic mass is 9.87. The molecule has 194 valence electrons. The number of anilines is 2. The quantitative estimate of drug-likeness (QED) is 0.221. The Kier molecular flexibility index (Phi) is 9.42. The van der Waals surface area contributed by atoms with Gasteiger partial charge >= 0.3 is 0 Å². The van der Waals surface area contributed by atoms with E-state index in [2.05, 4.69) is 22.0 Å². The van der Waals surface area contributed by atoms with Gasteiger partial charge in [0.15, 0.2) is 5.11 Å². The Hall–Kier alpha value is -3.71. The van der Waals surface area contributed by atoms with Crippen molar-refractivity contribution in [3.05, 3.63) is 89.0 Å². The number of benzene rings is 3. The van der Waals surface area contributed by atoms with E-state index in [-0.39, 0.29) is 16.9 Å². The van der Waals surface area contributed by atoms with Gasteiger partial charge in [-0.15, -0.1) is 0 Å². The van der Waals surface area contributed by atoms with E-state index in [9.17, 15) is 9.59 Å². The van der Waals surface area contributed by atoms with Crippen LogP contribution in [0, 0.1) is 26.2 Å². The van der Waals surface area contributed by atoms with E-state index >= 15 is 0 Å². The lowest BCUT2D eigenvalue weighted by Gasteiger charge is -2.24. The molecule has 3 aromatic carbocycles. The maximum atomic E-state index is 12.8. The predicted molar refractivity (Wildman–Crippen MR) is 154 cm³/mol. The van der Waals surface area contributed by atoms with E-state index in [0.717, 1.165) is 28.9 Å². The first-order valence-electron chi connectivity index (χ1n) is 12.3. The summed E-state index contributed by atoms with van der Waals surface area (Å²) in [5, 5.41) is 8.93. The van der Waals surface area contributed by atoms with Gasteiger partial charge in [-0.25, -0.2) is 0 Å². The fourth-order valence-corrected chi connectivity index (χ4v) is 3.98. The molecular formula is C30H35N3O3S. The summed E-state index contributed by atoms with van der Waals surface area (Å²) in [5.41, 5.74) is 4.56. The Morgan fingerprint density at radius 2 is 1.51 bits per heavy atom. The highest BCUT2D eigenvalue weighted by Crippen LogP contribution is 2.24. The number of carbonyl (C=O) groups is 2. The minimum Gasteiger partial charge on any atom is -0.493 e. The normalized spacial score (nSPS) is 10.9. The molecule has 0 aliphatic rings. The third-order valence-corrected chi connectivity index (χ3v) is 6.38. The van der Waals surface area contributed by atoms with Gasteiger partial charge in [0.1, 0.15) is 5.75 Å². The van der Waals surface area contributed by atoms with Crippen LogP contribution in [-0.4, -0.2) is 23.5 Å². The van der Waals surface area contributed by atoms with E-state index in [0.29, 0.717) is 30.0 Å². The van der Waals surface area contributed by atoms with Gasteiger partial charge in [-0.2, -0.15) is 0 Å². The van der Waals surface area contributed by atoms with Gasteiger partial charge in [0.2, 0.25) is 5.91 Å². The van der Waals surface area contributed by atoms with Crippen LogP contribution >= 0.6 is 12.2 Å². The van der Waals surface area contributed by atoms with Crippen molar-refractivity contribution in [2.24, 2.45) is 5.41 Å². The van der Waals surface area contributed by atoms with Gasteiger partial charge in [-0.05, 0) is 98.9 Å². The molecule has 7 heteroatoms. The second-order valence-corrected chi connectivity index (χ2v) is 10.3. The highest BCUT2D eigenvalue weighted by Gasteiger charge is 2.28. The molecule has 0 aromatic heterocycles. The van der Waals surface area contributed by atoms with E-state index < -0.39 is 5.41 Å². The average Bonchev–Trinajstić information content (AvgIpc) is 2.85. The van der Waals surface area contributed by atoms with Crippen molar-refractivity contribution in [3.8, 4) is 5.75 Å². The van der Waals surface area contributed by atoms with Gasteiger partial charge < -0.3 is 20.7 Å². The molecule has 2 amide bonds. The van der Waals surface area contributed by atoms with Crippen molar-refractivity contribution >= 4 is 40.5 Å². The zero-order valence-corrected chi connectivity index (χ0v) is 22.9. The van der Waals surface area contributed by atoms with Crippen LogP contribution in [0.5, 0.6) is 5.75 Å². The number of aryl methyl sites for hydroxylation is 3. The maximum absolute atomic E-state index is 12.8. The van der Waals surface area contributed by atoms with Crippen molar-refractivity contribution in [2.75, 3.05) is 17.2 Å². The van der Waals surface area contributed by atoms with Gasteiger partial charge in [0.25, 0.3) is 5.91 Å². The van der Waals surface area contributed by atoms with E-state index in [1.165, 1.54) is 0 Å². The first kappa shape index (κ1) is 27.9. The van der Waals surface area contributed by atoms with Crippen molar-refractivity contribution in [2.45, 2.75) is 47.5 Å². The molecule has 3 aromatic rings. The highest BCUT2D eigenvalue weighted by atomic mass is 32.1. The molecule has 3 rings (SSSR count). The summed E-state index contributed by atoms with van der Waals surface area (Å²) in [6.45, 7) is 10.3. The first-order chi connectivity index (χ1) is 17.5. The monoisotopic (exact) mass is 517 g/mol. The minimum atomic E-state index is -0.611. The summed E-state index contributed by atoms with van der Waals surface area (Å²) in [6, 6.07) is 20.7. The summed E-state index contributed by atoms with van der Waals surface area (Å²) >= 11 is 5.35. The number of hydrogen-bond donors (Lipinski definition) is 3. The largest absolute Gasteiger partial charge is 0.493 e. The third-order valence-electron chi connectivity index (χ3n) is 6.18. The molecular weight excluding hydrogens is 482 g/mol. The third kappa shape index (κ3) is 8.15. The van der Waals surface area contributed by atoms with E-state index in [1.807, 2.05) is 65.0 Å². The zero-order valence-electron chi connectivity index (χ0n) is 22.1. The Balaban J connectivity index is 1.45. The molecule has 0 bridgehead atoms. The van der Waals surface area contributed by atoms with Crippen LogP contribution in [-0.2, 0) is 4.79 Å². The molecule has 0 unspecified atom stereocenters. The van der Waals surface area contributed by atoms with Crippen molar-refractivity contribution < 1.29 is 14.3 Å². The van der Waals surface area contributed by atoms with Crippen molar-refractivity contribution in [1.82, 2.24) is 5.32 Å². The molecule has 0 radical (unpaired) electrons. The molecule has 0 heterocycles. The smallest absolute Gasteiger partial charge is 0.255 e. The molecule has 3 N–H and O–H groups in total. The summed E-state index contributed by atoms with van der Waals surface area (Å²) in [5.74, 6) is 0.565. The molecule has 37 heavy (non-hydrogen) atoms. The fraction of sp³-hybridized carbons (Fsp3) is 0.300. The average molecular weight is 518 g/mol. The number of thiocarbonyl (C=S) groups is 1. The number of hydrogen-bond acceptors (Lipinski definition) is 4. The van der Waals surface area contributed by atoms with Crippen LogP contribution in [0.2, 0.25) is 0 Å². The predicted octanol–water partition coefficient (Wildman–Crippen LogP) is 6.56. The van der Waals surface area contributed by atoms with Crippen LogP contribution < -0.4 is 20.7 Å². The van der Waals surface area contributed by atoms with Gasteiger partial charge in [0, 0.05) is 22.4 Å². The lowest BCUT2D eigenvalue weighted by molar-refractivity contribution is -0.128. The van der Waals surface area contributed by atoms with Crippen LogP contribution in [0.1, 0.15) is 53.7 Å². The fourth-order valence-electron chi connectivity index (χ4n) is 3.77. The number of nitrogens with one attached hydrogen (secondary N) is 3. The van der Waals surface area contributed by atoms with Crippen LogP contribution in [0.15, 0.2) is 66.7 Å². The van der Waals surface area contributed by atoms with Crippen LogP contribution in [0.25, 0.3) is 0 Å². The number of amides is 2. The zero-order chi connectivity index (χ0) is 27.0. The number of ether oxygens (including phenoxy) is 1. The van der Waals surface area contributed by atoms with Crippen LogP contribution in [0.3, 0.4) is 0 Å². The Bertz CT molecular complexity index is 1270. The van der Waals surface area contributed by atoms with Crippen LogP contribution in [0.4, 0.5) is 11.4 Å². The molecule has 0 aliphatic carbocycles. The number of rotatable bonds is 9. The van der Waals surface area contributed by atoms with Crippen molar-refractivity contribution in [3.63, 3.8) is 0 Å². The molecule has 0 aliphatic heterocycles. The molecule has 0 spiro atoms. The molecule has 0 fully saturated rings. The first-order valence-corrected chi connectivity index (χ1v) is 12.8. The molecule has 6 nitrogen and oxygen atoms in total. The number of carbonyl (C=O) groups excluding carboxylic acids is 2. The van der Waals surface area contributed by atoms with E-state index in [1.54, 1.807) is 30.3 Å². The van der Waals surface area contributed by atoms with Crippen molar-refractivity contribution in [1.29, 1.82) is 0 Å². The maximum Gasteiger partial charge on any atom is 0.255 e. The second-order valence-electron chi connectivity index (χ2n) is 9.86. The molecule has 0 atom stereocenters. The topological polar surface area (TPSA) is 79.5 Å². The molecule has 0 saturated heterocycles. The lowest BCUT2D eigenvalue weighted by Crippen LogP contribution is -2.42.